The molecule has 0 fully saturated rings. The third-order valence-electron chi connectivity index (χ3n) is 3.41. The maximum Gasteiger partial charge on any atom is 3.00 e. The largest absolute Gasteiger partial charge is 3.00 e. The molecule has 1 atom stereocenters. The van der Waals surface area contributed by atoms with Gasteiger partial charge in [0.1, 0.15) is 0 Å². The van der Waals surface area contributed by atoms with Gasteiger partial charge in [-0.15, -0.1) is 6.42 Å². The fraction of sp³-hybridized carbons (Fsp3) is 0.556. The minimum atomic E-state index is -1.77. The zero-order chi connectivity index (χ0) is 15.7. The van der Waals surface area contributed by atoms with Crippen LogP contribution >= 0.6 is 0 Å². The second-order valence-corrected chi connectivity index (χ2v) is 12.1. The average molecular weight is 422 g/mol. The smallest absolute Gasteiger partial charge is 1.00 e. The van der Waals surface area contributed by atoms with E-state index in [4.69, 9.17) is 9.16 Å². The van der Waals surface area contributed by atoms with Crippen molar-refractivity contribution in [2.75, 3.05) is 0 Å². The predicted octanol–water partition coefficient (Wildman–Crippen LogP) is -0.864. The van der Waals surface area contributed by atoms with Crippen LogP contribution in [0.1, 0.15) is 33.6 Å². The Bertz CT molecular complexity index is 528. The van der Waals surface area contributed by atoms with Gasteiger partial charge in [0.25, 0.3) is 0 Å². The molecule has 133 valence electrons. The second kappa shape index (κ2) is 9.80. The molecule has 0 aliphatic heterocycles. The standard InChI is InChI=1S/C18H27O2Si.2ClH.Ti/c1-17(2,3)16-13-9-10-14-18(16,20-21(4,5)6)19-15-11-7-8-12-15;;;/h7,9-11,13H,8,14H2,1-6H3;2*1H;/q-1;;;+3/p-2. The third-order valence-corrected chi connectivity index (χ3v) is 4.36. The summed E-state index contributed by atoms with van der Waals surface area (Å²) in [6, 6.07) is 0. The van der Waals surface area contributed by atoms with Crippen molar-refractivity contribution in [3.8, 4) is 0 Å². The summed E-state index contributed by atoms with van der Waals surface area (Å²) < 4.78 is 12.9. The van der Waals surface area contributed by atoms with Gasteiger partial charge in [-0.05, 0) is 30.8 Å². The van der Waals surface area contributed by atoms with Crippen LogP contribution in [0, 0.1) is 11.5 Å². The first-order valence-electron chi connectivity index (χ1n) is 7.67. The number of allylic oxidation sites excluding steroid dienone is 5. The first-order chi connectivity index (χ1) is 9.62. The third kappa shape index (κ3) is 6.86. The number of halogens is 2. The summed E-state index contributed by atoms with van der Waals surface area (Å²) in [5.41, 5.74) is 1.20. The number of rotatable bonds is 4. The molecule has 2 aliphatic carbocycles. The Morgan fingerprint density at radius 1 is 1.12 bits per heavy atom. The van der Waals surface area contributed by atoms with Crippen molar-refractivity contribution in [2.24, 2.45) is 5.41 Å². The SMILES string of the molecule is CC(C)(C)C1=CC=CCC1(OC1=[C-]CC=C1)O[Si](C)(C)C.[Cl-].[Cl-].[Ti+3]. The van der Waals surface area contributed by atoms with E-state index >= 15 is 0 Å². The van der Waals surface area contributed by atoms with Crippen LogP contribution in [0.4, 0.5) is 0 Å². The first-order valence-corrected chi connectivity index (χ1v) is 11.1. The molecule has 6 heteroatoms. The molecule has 0 saturated heterocycles. The molecule has 2 nitrogen and oxygen atoms in total. The van der Waals surface area contributed by atoms with Gasteiger partial charge < -0.3 is 34.0 Å². The molecule has 0 N–H and O–H groups in total. The zero-order valence-electron chi connectivity index (χ0n) is 15.4. The van der Waals surface area contributed by atoms with Crippen molar-refractivity contribution in [1.29, 1.82) is 0 Å². The molecule has 2 aliphatic rings. The summed E-state index contributed by atoms with van der Waals surface area (Å²) in [5, 5.41) is 0. The fourth-order valence-electron chi connectivity index (χ4n) is 2.79. The van der Waals surface area contributed by atoms with E-state index < -0.39 is 14.1 Å². The van der Waals surface area contributed by atoms with Gasteiger partial charge >= 0.3 is 21.7 Å². The molecular formula is C18H27Cl2O2SiTi. The summed E-state index contributed by atoms with van der Waals surface area (Å²) in [6.45, 7) is 13.3. The number of hydrogen-bond donors (Lipinski definition) is 0. The van der Waals surface area contributed by atoms with Crippen LogP contribution in [0.15, 0.2) is 41.7 Å². The van der Waals surface area contributed by atoms with Crippen LogP contribution in [0.5, 0.6) is 0 Å². The molecule has 0 amide bonds. The minimum Gasteiger partial charge on any atom is -1.00 e. The summed E-state index contributed by atoms with van der Waals surface area (Å²) in [5.74, 6) is 0.118. The summed E-state index contributed by atoms with van der Waals surface area (Å²) in [4.78, 5) is 0. The second-order valence-electron chi connectivity index (χ2n) is 7.68. The van der Waals surface area contributed by atoms with Crippen LogP contribution in [-0.4, -0.2) is 14.1 Å². The first kappa shape index (κ1) is 26.5. The molecular weight excluding hydrogens is 395 g/mol. The number of ether oxygens (including phenoxy) is 1. The Labute approximate surface area is 175 Å². The van der Waals surface area contributed by atoms with E-state index in [1.54, 1.807) is 0 Å². The van der Waals surface area contributed by atoms with E-state index in [-0.39, 0.29) is 51.9 Å². The quantitative estimate of drug-likeness (QED) is 0.334. The Balaban J connectivity index is 0. The molecule has 1 unspecified atom stereocenters. The van der Waals surface area contributed by atoms with Gasteiger partial charge in [-0.3, -0.25) is 0 Å². The van der Waals surface area contributed by atoms with Crippen molar-refractivity contribution < 1.29 is 55.7 Å². The summed E-state index contributed by atoms with van der Waals surface area (Å²) in [6.07, 6.45) is 15.3. The molecule has 0 aromatic heterocycles. The van der Waals surface area contributed by atoms with Gasteiger partial charge in [0.15, 0.2) is 8.32 Å². The Hall–Kier alpha value is 0.231. The van der Waals surface area contributed by atoms with Crippen molar-refractivity contribution in [1.82, 2.24) is 0 Å². The van der Waals surface area contributed by atoms with E-state index in [0.29, 0.717) is 0 Å². The minimum absolute atomic E-state index is 0. The number of hydrogen-bond acceptors (Lipinski definition) is 2. The molecule has 0 spiro atoms. The molecule has 1 radical (unpaired) electrons. The van der Waals surface area contributed by atoms with Gasteiger partial charge in [-0.2, -0.15) is 12.2 Å². The fourth-order valence-corrected chi connectivity index (χ4v) is 4.01. The van der Waals surface area contributed by atoms with Gasteiger partial charge in [0.2, 0.25) is 5.79 Å². The van der Waals surface area contributed by atoms with Crippen molar-refractivity contribution in [3.63, 3.8) is 0 Å². The normalized spacial score (nSPS) is 22.6. The van der Waals surface area contributed by atoms with Gasteiger partial charge in [-0.1, -0.05) is 39.0 Å². The van der Waals surface area contributed by atoms with Gasteiger partial charge in [-0.25, -0.2) is 6.08 Å². The van der Waals surface area contributed by atoms with Gasteiger partial charge in [0.05, 0.1) is 0 Å². The van der Waals surface area contributed by atoms with Crippen molar-refractivity contribution in [2.45, 2.75) is 59.0 Å². The topological polar surface area (TPSA) is 18.5 Å². The Kier molecular flexibility index (Phi) is 10.8. The molecule has 2 rings (SSSR count). The van der Waals surface area contributed by atoms with Crippen LogP contribution in [0.2, 0.25) is 19.6 Å². The summed E-state index contributed by atoms with van der Waals surface area (Å²) >= 11 is 0. The molecule has 0 aromatic carbocycles. The average Bonchev–Trinajstić information content (AvgIpc) is 2.78. The Morgan fingerprint density at radius 2 is 1.75 bits per heavy atom. The monoisotopic (exact) mass is 421 g/mol. The van der Waals surface area contributed by atoms with Crippen LogP contribution in [0.3, 0.4) is 0 Å². The molecule has 0 heterocycles. The van der Waals surface area contributed by atoms with Crippen LogP contribution < -0.4 is 24.8 Å². The van der Waals surface area contributed by atoms with E-state index in [2.05, 4.69) is 70.8 Å². The van der Waals surface area contributed by atoms with Crippen molar-refractivity contribution in [3.05, 3.63) is 47.8 Å². The molecule has 0 aromatic rings. The van der Waals surface area contributed by atoms with Crippen LogP contribution in [-0.2, 0) is 30.9 Å². The zero-order valence-corrected chi connectivity index (χ0v) is 19.4. The Morgan fingerprint density at radius 3 is 2.21 bits per heavy atom. The maximum absolute atomic E-state index is 6.57. The van der Waals surface area contributed by atoms with Crippen molar-refractivity contribution >= 4 is 8.32 Å². The van der Waals surface area contributed by atoms with E-state index in [1.165, 1.54) is 5.57 Å². The van der Waals surface area contributed by atoms with E-state index in [1.807, 2.05) is 6.08 Å². The van der Waals surface area contributed by atoms with E-state index in [0.717, 1.165) is 18.6 Å². The molecule has 0 saturated carbocycles. The van der Waals surface area contributed by atoms with Crippen LogP contribution in [0.25, 0.3) is 0 Å². The summed E-state index contributed by atoms with van der Waals surface area (Å²) in [7, 11) is -1.77. The molecule has 24 heavy (non-hydrogen) atoms. The maximum atomic E-state index is 6.57. The van der Waals surface area contributed by atoms with Gasteiger partial charge in [0, 0.05) is 12.0 Å². The predicted molar refractivity (Wildman–Crippen MR) is 90.1 cm³/mol. The van der Waals surface area contributed by atoms with E-state index in [9.17, 15) is 0 Å². The molecule has 0 bridgehead atoms.